The SMILES string of the molecule is c1ccc(-c2ccc(N(c3ccc(-c4ccccc4-c4ccc(N(c5ccccc5)c5cccc6ccccc56)cc4)cc3)c3c(-c4ccccc4)ccc4ccccc34)cc2)cc1. The zero-order valence-electron chi connectivity index (χ0n) is 35.3. The molecule has 0 N–H and O–H groups in total. The van der Waals surface area contributed by atoms with Crippen molar-refractivity contribution in [3.05, 3.63) is 267 Å². The number of para-hydroxylation sites is 1. The molecular formula is C62H44N2. The molecule has 2 nitrogen and oxygen atoms in total. The van der Waals surface area contributed by atoms with Crippen LogP contribution in [0.5, 0.6) is 0 Å². The molecule has 11 aromatic carbocycles. The van der Waals surface area contributed by atoms with Gasteiger partial charge in [-0.05, 0) is 104 Å². The summed E-state index contributed by atoms with van der Waals surface area (Å²) in [5.41, 5.74) is 16.1. The lowest BCUT2D eigenvalue weighted by Gasteiger charge is -2.30. The highest BCUT2D eigenvalue weighted by Gasteiger charge is 2.21. The molecular weight excluding hydrogens is 773 g/mol. The normalized spacial score (nSPS) is 11.1. The molecule has 0 radical (unpaired) electrons. The Morgan fingerprint density at radius 3 is 1.19 bits per heavy atom. The first kappa shape index (κ1) is 38.5. The van der Waals surface area contributed by atoms with Crippen LogP contribution in [0.3, 0.4) is 0 Å². The van der Waals surface area contributed by atoms with Crippen molar-refractivity contribution in [1.82, 2.24) is 0 Å². The number of fused-ring (bicyclic) bond motifs is 2. The number of benzene rings is 11. The van der Waals surface area contributed by atoms with Gasteiger partial charge in [-0.25, -0.2) is 0 Å². The maximum atomic E-state index is 2.43. The molecule has 0 saturated heterocycles. The number of hydrogen-bond donors (Lipinski definition) is 0. The monoisotopic (exact) mass is 816 g/mol. The van der Waals surface area contributed by atoms with Gasteiger partial charge in [-0.3, -0.25) is 0 Å². The molecule has 2 heteroatoms. The van der Waals surface area contributed by atoms with Gasteiger partial charge in [0.25, 0.3) is 0 Å². The van der Waals surface area contributed by atoms with E-state index in [4.69, 9.17) is 0 Å². The van der Waals surface area contributed by atoms with Gasteiger partial charge in [0.05, 0.1) is 11.4 Å². The Hall–Kier alpha value is -8.46. The predicted molar refractivity (Wildman–Crippen MR) is 273 cm³/mol. The Morgan fingerprint density at radius 1 is 0.203 bits per heavy atom. The van der Waals surface area contributed by atoms with E-state index in [0.29, 0.717) is 0 Å². The molecule has 0 aromatic heterocycles. The first-order valence-corrected chi connectivity index (χ1v) is 21.9. The molecule has 0 unspecified atom stereocenters. The van der Waals surface area contributed by atoms with Crippen LogP contribution in [0.4, 0.5) is 34.1 Å². The van der Waals surface area contributed by atoms with Crippen LogP contribution in [0.15, 0.2) is 267 Å². The molecule has 0 aliphatic heterocycles. The van der Waals surface area contributed by atoms with E-state index < -0.39 is 0 Å². The highest BCUT2D eigenvalue weighted by Crippen LogP contribution is 2.46. The standard InChI is InChI=1S/C62H44N2/c1-4-17-45(18-5-1)46-31-38-54(39-32-46)64(62-59-29-13-11-22-49(59)37-44-60(62)48-19-6-2-7-20-48)55-42-35-51(36-43-55)57-27-15-14-26-56(57)50-33-40-53(41-34-50)63(52-24-8-3-9-25-52)61-30-16-23-47-21-10-12-28-58(47)61/h1-44H. The Balaban J connectivity index is 0.994. The van der Waals surface area contributed by atoms with Gasteiger partial charge in [-0.2, -0.15) is 0 Å². The molecule has 0 amide bonds. The van der Waals surface area contributed by atoms with Gasteiger partial charge in [0.1, 0.15) is 0 Å². The van der Waals surface area contributed by atoms with Crippen molar-refractivity contribution >= 4 is 55.7 Å². The minimum Gasteiger partial charge on any atom is -0.310 e. The third kappa shape index (κ3) is 7.38. The second kappa shape index (κ2) is 17.1. The number of hydrogen-bond acceptors (Lipinski definition) is 2. The van der Waals surface area contributed by atoms with E-state index in [-0.39, 0.29) is 0 Å². The van der Waals surface area contributed by atoms with Crippen molar-refractivity contribution in [2.75, 3.05) is 9.80 Å². The second-order valence-electron chi connectivity index (χ2n) is 16.1. The summed E-state index contributed by atoms with van der Waals surface area (Å²) in [6.45, 7) is 0. The van der Waals surface area contributed by atoms with Crippen molar-refractivity contribution < 1.29 is 0 Å². The van der Waals surface area contributed by atoms with Gasteiger partial charge in [-0.1, -0.05) is 212 Å². The molecule has 0 atom stereocenters. The molecule has 0 saturated carbocycles. The third-order valence-electron chi connectivity index (χ3n) is 12.3. The summed E-state index contributed by atoms with van der Waals surface area (Å²) in [7, 11) is 0. The van der Waals surface area contributed by atoms with Crippen molar-refractivity contribution in [3.63, 3.8) is 0 Å². The lowest BCUT2D eigenvalue weighted by Crippen LogP contribution is -2.12. The van der Waals surface area contributed by atoms with Gasteiger partial charge in [0, 0.05) is 39.1 Å². The predicted octanol–water partition coefficient (Wildman–Crippen LogP) is 17.6. The van der Waals surface area contributed by atoms with E-state index in [1.165, 1.54) is 54.9 Å². The van der Waals surface area contributed by atoms with E-state index in [1.807, 2.05) is 0 Å². The molecule has 0 aliphatic rings. The van der Waals surface area contributed by atoms with Crippen LogP contribution < -0.4 is 9.80 Å². The van der Waals surface area contributed by atoms with E-state index >= 15 is 0 Å². The van der Waals surface area contributed by atoms with Crippen LogP contribution in [0.25, 0.3) is 66.1 Å². The van der Waals surface area contributed by atoms with Crippen LogP contribution in [-0.4, -0.2) is 0 Å². The largest absolute Gasteiger partial charge is 0.310 e. The van der Waals surface area contributed by atoms with Crippen molar-refractivity contribution in [2.24, 2.45) is 0 Å². The number of nitrogens with zero attached hydrogens (tertiary/aromatic N) is 2. The summed E-state index contributed by atoms with van der Waals surface area (Å²) in [6.07, 6.45) is 0. The average molecular weight is 817 g/mol. The van der Waals surface area contributed by atoms with Crippen molar-refractivity contribution in [1.29, 1.82) is 0 Å². The fourth-order valence-corrected chi connectivity index (χ4v) is 9.16. The van der Waals surface area contributed by atoms with Gasteiger partial charge in [0.2, 0.25) is 0 Å². The van der Waals surface area contributed by atoms with Gasteiger partial charge in [-0.15, -0.1) is 0 Å². The van der Waals surface area contributed by atoms with E-state index in [9.17, 15) is 0 Å². The zero-order valence-corrected chi connectivity index (χ0v) is 35.3. The third-order valence-corrected chi connectivity index (χ3v) is 12.3. The Labute approximate surface area is 375 Å². The lowest BCUT2D eigenvalue weighted by atomic mass is 9.93. The summed E-state index contributed by atoms with van der Waals surface area (Å²) in [6, 6.07) is 96.2. The number of rotatable bonds is 10. The van der Waals surface area contributed by atoms with E-state index in [0.717, 1.165) is 45.3 Å². The molecule has 64 heavy (non-hydrogen) atoms. The second-order valence-corrected chi connectivity index (χ2v) is 16.1. The van der Waals surface area contributed by atoms with Crippen LogP contribution in [0, 0.1) is 0 Å². The fraction of sp³-hybridized carbons (Fsp3) is 0. The van der Waals surface area contributed by atoms with Gasteiger partial charge >= 0.3 is 0 Å². The van der Waals surface area contributed by atoms with Crippen LogP contribution in [0.2, 0.25) is 0 Å². The average Bonchev–Trinajstić information content (AvgIpc) is 3.38. The Morgan fingerprint density at radius 2 is 0.594 bits per heavy atom. The fourth-order valence-electron chi connectivity index (χ4n) is 9.16. The van der Waals surface area contributed by atoms with Crippen molar-refractivity contribution in [2.45, 2.75) is 0 Å². The highest BCUT2D eigenvalue weighted by molar-refractivity contribution is 6.06. The smallest absolute Gasteiger partial charge is 0.0618 e. The van der Waals surface area contributed by atoms with Crippen LogP contribution in [0.1, 0.15) is 0 Å². The van der Waals surface area contributed by atoms with Crippen LogP contribution in [-0.2, 0) is 0 Å². The molecule has 0 bridgehead atoms. The highest BCUT2D eigenvalue weighted by atomic mass is 15.1. The Bertz CT molecular complexity index is 3340. The first-order chi connectivity index (χ1) is 31.8. The van der Waals surface area contributed by atoms with Gasteiger partial charge < -0.3 is 9.80 Å². The molecule has 0 spiro atoms. The summed E-state index contributed by atoms with van der Waals surface area (Å²) in [5.74, 6) is 0. The molecule has 11 aromatic rings. The molecule has 11 rings (SSSR count). The molecule has 0 fully saturated rings. The molecule has 0 heterocycles. The summed E-state index contributed by atoms with van der Waals surface area (Å²) in [4.78, 5) is 4.79. The molecule has 0 aliphatic carbocycles. The summed E-state index contributed by atoms with van der Waals surface area (Å²) in [5, 5.41) is 4.82. The maximum Gasteiger partial charge on any atom is 0.0618 e. The minimum absolute atomic E-state index is 1.08. The van der Waals surface area contributed by atoms with E-state index in [2.05, 4.69) is 277 Å². The van der Waals surface area contributed by atoms with Crippen molar-refractivity contribution in [3.8, 4) is 44.5 Å². The lowest BCUT2D eigenvalue weighted by molar-refractivity contribution is 1.30. The number of anilines is 6. The minimum atomic E-state index is 1.08. The topological polar surface area (TPSA) is 6.48 Å². The Kier molecular flexibility index (Phi) is 10.3. The maximum absolute atomic E-state index is 2.43. The first-order valence-electron chi connectivity index (χ1n) is 21.9. The zero-order chi connectivity index (χ0) is 42.7. The molecule has 302 valence electrons. The summed E-state index contributed by atoms with van der Waals surface area (Å²) < 4.78 is 0. The van der Waals surface area contributed by atoms with E-state index in [1.54, 1.807) is 0 Å². The van der Waals surface area contributed by atoms with Crippen LogP contribution >= 0.6 is 0 Å². The van der Waals surface area contributed by atoms with Gasteiger partial charge in [0.15, 0.2) is 0 Å². The summed E-state index contributed by atoms with van der Waals surface area (Å²) >= 11 is 0. The quantitative estimate of drug-likeness (QED) is 0.136.